The van der Waals surface area contributed by atoms with Crippen LogP contribution in [0.5, 0.6) is 0 Å². The third-order valence-electron chi connectivity index (χ3n) is 0.473. The number of carbonyl (C=O) groups is 2. The topological polar surface area (TPSA) is 43.4 Å². The first-order valence-electron chi connectivity index (χ1n) is 1.77. The number of carbonyl (C=O) groups excluding carboxylic acids is 2. The van der Waals surface area contributed by atoms with Gasteiger partial charge >= 0.3 is 35.5 Å². The zero-order valence-electron chi connectivity index (χ0n) is 6.22. The van der Waals surface area contributed by atoms with Gasteiger partial charge in [0.25, 0.3) is 0 Å². The Labute approximate surface area is 71.2 Å². The second-order valence-corrected chi connectivity index (χ2v) is 1.05. The number of esters is 1. The molecule has 0 rings (SSSR count). The first kappa shape index (κ1) is 11.0. The number of ketones is 1. The van der Waals surface area contributed by atoms with Crippen molar-refractivity contribution in [3.8, 4) is 0 Å². The number of methoxy groups -OCH3 is 1. The van der Waals surface area contributed by atoms with E-state index in [1.54, 1.807) is 0 Å². The average molecular weight is 126 g/mol. The van der Waals surface area contributed by atoms with Gasteiger partial charge in [-0.15, -0.1) is 0 Å². The molecule has 0 bridgehead atoms. The van der Waals surface area contributed by atoms with Crippen molar-refractivity contribution in [2.45, 2.75) is 6.92 Å². The van der Waals surface area contributed by atoms with Gasteiger partial charge in [-0.1, -0.05) is 0 Å². The fraction of sp³-hybridized carbons (Fsp3) is 0.500. The van der Waals surface area contributed by atoms with Crippen LogP contribution in [0.2, 0.25) is 0 Å². The van der Waals surface area contributed by atoms with Crippen molar-refractivity contribution in [1.82, 2.24) is 0 Å². The Balaban J connectivity index is -0.000000180. The van der Waals surface area contributed by atoms with Gasteiger partial charge in [0.2, 0.25) is 5.78 Å². The van der Waals surface area contributed by atoms with Gasteiger partial charge in [0.15, 0.2) is 0 Å². The van der Waals surface area contributed by atoms with Crippen LogP contribution < -0.4 is 29.6 Å². The maximum atomic E-state index is 9.94. The number of rotatable bonds is 1. The standard InChI is InChI=1S/C4H6O3.Na.H/c1-3(5)4(6)7-2;;/h1-2H3;;/q;+1;-1. The van der Waals surface area contributed by atoms with Gasteiger partial charge in [-0.3, -0.25) is 4.79 Å². The van der Waals surface area contributed by atoms with E-state index in [4.69, 9.17) is 0 Å². The van der Waals surface area contributed by atoms with Gasteiger partial charge in [-0.2, -0.15) is 0 Å². The molecule has 0 amide bonds. The Morgan fingerprint density at radius 3 is 1.88 bits per heavy atom. The van der Waals surface area contributed by atoms with Crippen molar-refractivity contribution in [3.63, 3.8) is 0 Å². The molecule has 0 aliphatic carbocycles. The summed E-state index contributed by atoms with van der Waals surface area (Å²) in [4.78, 5) is 19.8. The van der Waals surface area contributed by atoms with Crippen LogP contribution in [0.25, 0.3) is 0 Å². The van der Waals surface area contributed by atoms with Crippen LogP contribution in [0.15, 0.2) is 0 Å². The van der Waals surface area contributed by atoms with Gasteiger partial charge in [-0.25, -0.2) is 4.79 Å². The maximum Gasteiger partial charge on any atom is 1.00 e. The van der Waals surface area contributed by atoms with Crippen LogP contribution in [0, 0.1) is 0 Å². The van der Waals surface area contributed by atoms with Gasteiger partial charge in [-0.05, 0) is 0 Å². The zero-order valence-corrected chi connectivity index (χ0v) is 7.22. The molecule has 4 heteroatoms. The minimum absolute atomic E-state index is 0. The van der Waals surface area contributed by atoms with Crippen LogP contribution in [0.3, 0.4) is 0 Å². The Kier molecular flexibility index (Phi) is 7.26. The van der Waals surface area contributed by atoms with Crippen LogP contribution in [-0.2, 0) is 14.3 Å². The fourth-order valence-corrected chi connectivity index (χ4v) is 0.144. The molecule has 0 aromatic rings. The first-order valence-corrected chi connectivity index (χ1v) is 1.77. The normalized spacial score (nSPS) is 6.75. The van der Waals surface area contributed by atoms with E-state index >= 15 is 0 Å². The Morgan fingerprint density at radius 2 is 1.88 bits per heavy atom. The van der Waals surface area contributed by atoms with E-state index in [0.717, 1.165) is 6.92 Å². The molecule has 0 spiro atoms. The number of hydrogen-bond donors (Lipinski definition) is 0. The van der Waals surface area contributed by atoms with Crippen LogP contribution in [0.1, 0.15) is 8.35 Å². The van der Waals surface area contributed by atoms with Crippen molar-refractivity contribution >= 4 is 11.8 Å². The monoisotopic (exact) mass is 126 g/mol. The van der Waals surface area contributed by atoms with E-state index in [2.05, 4.69) is 4.74 Å². The minimum Gasteiger partial charge on any atom is -1.00 e. The van der Waals surface area contributed by atoms with Crippen LogP contribution in [0.4, 0.5) is 0 Å². The first-order chi connectivity index (χ1) is 3.18. The SMILES string of the molecule is COC(=O)C(C)=O.[H-].[Na+]. The summed E-state index contributed by atoms with van der Waals surface area (Å²) >= 11 is 0. The molecule has 0 radical (unpaired) electrons. The summed E-state index contributed by atoms with van der Waals surface area (Å²) in [6, 6.07) is 0. The maximum absolute atomic E-state index is 9.94. The Hall–Kier alpha value is 0.140. The van der Waals surface area contributed by atoms with E-state index in [1.165, 1.54) is 7.11 Å². The van der Waals surface area contributed by atoms with Gasteiger partial charge in [0.1, 0.15) is 0 Å². The molecule has 42 valence electrons. The molecule has 8 heavy (non-hydrogen) atoms. The molecule has 0 N–H and O–H groups in total. The molecule has 0 fully saturated rings. The number of ether oxygens (including phenoxy) is 1. The second kappa shape index (κ2) is 5.28. The average Bonchev–Trinajstić information content (AvgIpc) is 1.65. The van der Waals surface area contributed by atoms with E-state index in [-0.39, 0.29) is 31.0 Å². The van der Waals surface area contributed by atoms with Crippen molar-refractivity contribution < 1.29 is 45.3 Å². The minimum atomic E-state index is -0.792. The molecule has 0 aromatic heterocycles. The molecule has 0 unspecified atom stereocenters. The largest absolute Gasteiger partial charge is 1.00 e. The zero-order chi connectivity index (χ0) is 5.86. The van der Waals surface area contributed by atoms with Crippen LogP contribution in [-0.4, -0.2) is 18.9 Å². The summed E-state index contributed by atoms with van der Waals surface area (Å²) in [5, 5.41) is 0. The van der Waals surface area contributed by atoms with Gasteiger partial charge in [0.05, 0.1) is 7.11 Å². The van der Waals surface area contributed by atoms with Crippen molar-refractivity contribution in [2.75, 3.05) is 7.11 Å². The molecule has 0 heterocycles. The van der Waals surface area contributed by atoms with Crippen molar-refractivity contribution in [2.24, 2.45) is 0 Å². The fourth-order valence-electron chi connectivity index (χ4n) is 0.144. The third kappa shape index (κ3) is 4.30. The molecular formula is C4H7NaO3. The summed E-state index contributed by atoms with van der Waals surface area (Å²) in [5.41, 5.74) is 0. The predicted octanol–water partition coefficient (Wildman–Crippen LogP) is -3.14. The van der Waals surface area contributed by atoms with E-state index in [1.807, 2.05) is 0 Å². The van der Waals surface area contributed by atoms with Crippen molar-refractivity contribution in [3.05, 3.63) is 0 Å². The number of hydrogen-bond acceptors (Lipinski definition) is 3. The molecule has 0 saturated carbocycles. The molecule has 0 aliphatic heterocycles. The molecule has 0 atom stereocenters. The summed E-state index contributed by atoms with van der Waals surface area (Å²) in [6.45, 7) is 1.16. The summed E-state index contributed by atoms with van der Waals surface area (Å²) in [5.74, 6) is -1.36. The van der Waals surface area contributed by atoms with Gasteiger partial charge in [0, 0.05) is 6.92 Å². The summed E-state index contributed by atoms with van der Waals surface area (Å²) in [6.07, 6.45) is 0. The summed E-state index contributed by atoms with van der Waals surface area (Å²) in [7, 11) is 1.17. The molecular weight excluding hydrogens is 119 g/mol. The third-order valence-corrected chi connectivity index (χ3v) is 0.473. The second-order valence-electron chi connectivity index (χ2n) is 1.05. The quantitative estimate of drug-likeness (QED) is 0.212. The number of Topliss-reactive ketones (excluding diaryl/α,β-unsaturated/α-hetero) is 1. The van der Waals surface area contributed by atoms with Gasteiger partial charge < -0.3 is 6.16 Å². The predicted molar refractivity (Wildman–Crippen MR) is 23.8 cm³/mol. The Bertz CT molecular complexity index is 104. The molecule has 0 aromatic carbocycles. The van der Waals surface area contributed by atoms with Crippen LogP contribution >= 0.6 is 0 Å². The smallest absolute Gasteiger partial charge is 1.00 e. The molecule has 0 saturated heterocycles. The van der Waals surface area contributed by atoms with E-state index in [9.17, 15) is 9.59 Å². The summed E-state index contributed by atoms with van der Waals surface area (Å²) < 4.78 is 4.02. The molecule has 3 nitrogen and oxygen atoms in total. The van der Waals surface area contributed by atoms with E-state index < -0.39 is 11.8 Å². The van der Waals surface area contributed by atoms with Crippen molar-refractivity contribution in [1.29, 1.82) is 0 Å². The Morgan fingerprint density at radius 1 is 1.50 bits per heavy atom. The van der Waals surface area contributed by atoms with E-state index in [0.29, 0.717) is 0 Å². The molecule has 0 aliphatic rings.